The molecule has 2 amide bonds. The molecule has 0 aliphatic heterocycles. The first-order chi connectivity index (χ1) is 11.1. The van der Waals surface area contributed by atoms with Crippen LogP contribution in [0, 0.1) is 0 Å². The highest BCUT2D eigenvalue weighted by Crippen LogP contribution is 2.10. The van der Waals surface area contributed by atoms with Crippen molar-refractivity contribution in [3.05, 3.63) is 65.7 Å². The first-order valence-corrected chi connectivity index (χ1v) is 7.43. The summed E-state index contributed by atoms with van der Waals surface area (Å²) in [5.74, 6) is -0.235. The summed E-state index contributed by atoms with van der Waals surface area (Å²) >= 11 is 0. The molecule has 120 valence electrons. The zero-order valence-electron chi connectivity index (χ0n) is 13.4. The lowest BCUT2D eigenvalue weighted by Gasteiger charge is -2.16. The lowest BCUT2D eigenvalue weighted by atomic mass is 10.2. The fraction of sp³-hybridized carbons (Fsp3) is 0.222. The molecular formula is C18H21N3O2. The van der Waals surface area contributed by atoms with Gasteiger partial charge >= 0.3 is 0 Å². The van der Waals surface area contributed by atoms with Gasteiger partial charge in [0.25, 0.3) is 5.91 Å². The maximum atomic E-state index is 12.1. The Labute approximate surface area is 136 Å². The Morgan fingerprint density at radius 3 is 2.26 bits per heavy atom. The molecule has 0 spiro atoms. The third-order valence-corrected chi connectivity index (χ3v) is 3.37. The molecule has 5 heteroatoms. The Kier molecular flexibility index (Phi) is 5.88. The van der Waals surface area contributed by atoms with E-state index in [0.29, 0.717) is 24.3 Å². The van der Waals surface area contributed by atoms with Crippen molar-refractivity contribution in [2.75, 3.05) is 26.0 Å². The van der Waals surface area contributed by atoms with E-state index in [1.807, 2.05) is 42.3 Å². The van der Waals surface area contributed by atoms with Crippen molar-refractivity contribution in [1.82, 2.24) is 10.2 Å². The second-order valence-corrected chi connectivity index (χ2v) is 5.36. The Morgan fingerprint density at radius 2 is 1.65 bits per heavy atom. The van der Waals surface area contributed by atoms with Crippen LogP contribution in [0.2, 0.25) is 0 Å². The van der Waals surface area contributed by atoms with E-state index in [0.717, 1.165) is 5.56 Å². The van der Waals surface area contributed by atoms with Crippen molar-refractivity contribution in [3.8, 4) is 0 Å². The van der Waals surface area contributed by atoms with Crippen LogP contribution in [0.3, 0.4) is 0 Å². The quantitative estimate of drug-likeness (QED) is 0.859. The monoisotopic (exact) mass is 311 g/mol. The van der Waals surface area contributed by atoms with Gasteiger partial charge in [0.15, 0.2) is 0 Å². The van der Waals surface area contributed by atoms with Crippen molar-refractivity contribution >= 4 is 17.5 Å². The molecule has 2 rings (SSSR count). The van der Waals surface area contributed by atoms with E-state index in [1.165, 1.54) is 0 Å². The number of hydrogen-bond donors (Lipinski definition) is 2. The van der Waals surface area contributed by atoms with Gasteiger partial charge in [-0.2, -0.15) is 0 Å². The van der Waals surface area contributed by atoms with Gasteiger partial charge in [0.2, 0.25) is 5.91 Å². The highest BCUT2D eigenvalue weighted by atomic mass is 16.2. The minimum atomic E-state index is -0.148. The first-order valence-electron chi connectivity index (χ1n) is 7.43. The van der Waals surface area contributed by atoms with Gasteiger partial charge < -0.3 is 10.6 Å². The fourth-order valence-corrected chi connectivity index (χ4v) is 2.25. The number of carbonyl (C=O) groups excluding carboxylic acids is 2. The third-order valence-electron chi connectivity index (χ3n) is 3.37. The van der Waals surface area contributed by atoms with E-state index in [1.54, 1.807) is 31.3 Å². The Morgan fingerprint density at radius 1 is 1.00 bits per heavy atom. The molecule has 0 saturated carbocycles. The number of nitrogens with zero attached hydrogens (tertiary/aromatic N) is 1. The fourth-order valence-electron chi connectivity index (χ4n) is 2.25. The third kappa shape index (κ3) is 5.23. The second-order valence-electron chi connectivity index (χ2n) is 5.36. The standard InChI is InChI=1S/C18H21N3O2/c1-19-18(23)15-8-10-16(11-9-15)20-17(22)13-21(2)12-14-6-4-3-5-7-14/h3-11H,12-13H2,1-2H3,(H,19,23)(H,20,22). The maximum Gasteiger partial charge on any atom is 0.251 e. The van der Waals surface area contributed by atoms with Gasteiger partial charge in [0, 0.05) is 24.8 Å². The molecule has 2 aromatic carbocycles. The van der Waals surface area contributed by atoms with Crippen LogP contribution in [0.5, 0.6) is 0 Å². The molecule has 0 aromatic heterocycles. The smallest absolute Gasteiger partial charge is 0.251 e. The van der Waals surface area contributed by atoms with Crippen LogP contribution in [-0.2, 0) is 11.3 Å². The molecule has 0 heterocycles. The zero-order chi connectivity index (χ0) is 16.7. The predicted molar refractivity (Wildman–Crippen MR) is 91.2 cm³/mol. The van der Waals surface area contributed by atoms with Gasteiger partial charge in [-0.15, -0.1) is 0 Å². The summed E-state index contributed by atoms with van der Waals surface area (Å²) in [6.07, 6.45) is 0. The van der Waals surface area contributed by atoms with Gasteiger partial charge in [0.1, 0.15) is 0 Å². The van der Waals surface area contributed by atoms with Crippen LogP contribution in [0.4, 0.5) is 5.69 Å². The Balaban J connectivity index is 1.85. The van der Waals surface area contributed by atoms with Gasteiger partial charge in [-0.1, -0.05) is 30.3 Å². The summed E-state index contributed by atoms with van der Waals surface area (Å²) in [7, 11) is 3.49. The Bertz CT molecular complexity index is 654. The highest BCUT2D eigenvalue weighted by molar-refractivity contribution is 5.96. The lowest BCUT2D eigenvalue weighted by Crippen LogP contribution is -2.29. The van der Waals surface area contributed by atoms with Crippen molar-refractivity contribution in [2.45, 2.75) is 6.54 Å². The van der Waals surface area contributed by atoms with Gasteiger partial charge in [0.05, 0.1) is 6.54 Å². The van der Waals surface area contributed by atoms with Crippen molar-refractivity contribution < 1.29 is 9.59 Å². The lowest BCUT2D eigenvalue weighted by molar-refractivity contribution is -0.117. The maximum absolute atomic E-state index is 12.1. The van der Waals surface area contributed by atoms with E-state index in [-0.39, 0.29) is 11.8 Å². The van der Waals surface area contributed by atoms with E-state index < -0.39 is 0 Å². The van der Waals surface area contributed by atoms with Gasteiger partial charge in [-0.25, -0.2) is 0 Å². The summed E-state index contributed by atoms with van der Waals surface area (Å²) in [5.41, 5.74) is 2.40. The summed E-state index contributed by atoms with van der Waals surface area (Å²) in [4.78, 5) is 25.5. The van der Waals surface area contributed by atoms with Crippen LogP contribution in [-0.4, -0.2) is 37.4 Å². The van der Waals surface area contributed by atoms with Crippen LogP contribution < -0.4 is 10.6 Å². The van der Waals surface area contributed by atoms with Gasteiger partial charge in [-0.3, -0.25) is 14.5 Å². The van der Waals surface area contributed by atoms with Crippen molar-refractivity contribution in [2.24, 2.45) is 0 Å². The zero-order valence-corrected chi connectivity index (χ0v) is 13.4. The van der Waals surface area contributed by atoms with Crippen molar-refractivity contribution in [3.63, 3.8) is 0 Å². The molecular weight excluding hydrogens is 290 g/mol. The molecule has 0 aliphatic rings. The normalized spacial score (nSPS) is 10.4. The number of likely N-dealkylation sites (N-methyl/N-ethyl adjacent to an activating group) is 1. The minimum Gasteiger partial charge on any atom is -0.355 e. The van der Waals surface area contributed by atoms with Crippen LogP contribution in [0.25, 0.3) is 0 Å². The molecule has 0 saturated heterocycles. The molecule has 5 nitrogen and oxygen atoms in total. The topological polar surface area (TPSA) is 61.4 Å². The minimum absolute atomic E-state index is 0.0869. The number of nitrogens with one attached hydrogen (secondary N) is 2. The van der Waals surface area contributed by atoms with Crippen LogP contribution in [0.15, 0.2) is 54.6 Å². The number of amides is 2. The second kappa shape index (κ2) is 8.10. The molecule has 2 aromatic rings. The average molecular weight is 311 g/mol. The molecule has 0 bridgehead atoms. The number of rotatable bonds is 6. The predicted octanol–water partition coefficient (Wildman–Crippen LogP) is 2.12. The summed E-state index contributed by atoms with van der Waals surface area (Å²) in [6, 6.07) is 16.8. The molecule has 0 radical (unpaired) electrons. The molecule has 0 atom stereocenters. The van der Waals surface area contributed by atoms with Gasteiger partial charge in [-0.05, 0) is 36.9 Å². The summed E-state index contributed by atoms with van der Waals surface area (Å²) in [6.45, 7) is 1.01. The van der Waals surface area contributed by atoms with Crippen LogP contribution >= 0.6 is 0 Å². The highest BCUT2D eigenvalue weighted by Gasteiger charge is 2.08. The van der Waals surface area contributed by atoms with Crippen molar-refractivity contribution in [1.29, 1.82) is 0 Å². The summed E-state index contributed by atoms with van der Waals surface area (Å²) in [5, 5.41) is 5.39. The van der Waals surface area contributed by atoms with E-state index in [2.05, 4.69) is 10.6 Å². The number of benzene rings is 2. The van der Waals surface area contributed by atoms with E-state index >= 15 is 0 Å². The number of hydrogen-bond acceptors (Lipinski definition) is 3. The number of carbonyl (C=O) groups is 2. The van der Waals surface area contributed by atoms with Crippen LogP contribution in [0.1, 0.15) is 15.9 Å². The first kappa shape index (κ1) is 16.7. The molecule has 2 N–H and O–H groups in total. The molecule has 0 unspecified atom stereocenters. The largest absolute Gasteiger partial charge is 0.355 e. The average Bonchev–Trinajstić information content (AvgIpc) is 2.55. The SMILES string of the molecule is CNC(=O)c1ccc(NC(=O)CN(C)Cc2ccccc2)cc1. The molecule has 23 heavy (non-hydrogen) atoms. The van der Waals surface area contributed by atoms with E-state index in [9.17, 15) is 9.59 Å². The number of anilines is 1. The summed E-state index contributed by atoms with van der Waals surface area (Å²) < 4.78 is 0. The Hall–Kier alpha value is -2.66. The molecule has 0 fully saturated rings. The van der Waals surface area contributed by atoms with E-state index in [4.69, 9.17) is 0 Å². The molecule has 0 aliphatic carbocycles.